The van der Waals surface area contributed by atoms with Crippen LogP contribution in [0.4, 0.5) is 0 Å². The summed E-state index contributed by atoms with van der Waals surface area (Å²) in [5.74, 6) is -0.267. The Bertz CT molecular complexity index is 1340. The van der Waals surface area contributed by atoms with Crippen molar-refractivity contribution in [1.82, 2.24) is 13.9 Å². The third-order valence-corrected chi connectivity index (χ3v) is 9.02. The van der Waals surface area contributed by atoms with Crippen molar-refractivity contribution in [2.45, 2.75) is 49.2 Å². The lowest BCUT2D eigenvalue weighted by molar-refractivity contribution is 0.398. The van der Waals surface area contributed by atoms with Gasteiger partial charge in [0, 0.05) is 22.6 Å². The van der Waals surface area contributed by atoms with E-state index in [1.807, 2.05) is 13.8 Å². The van der Waals surface area contributed by atoms with Crippen LogP contribution in [0, 0.1) is 0 Å². The molecule has 3 rings (SSSR count). The van der Waals surface area contributed by atoms with E-state index in [9.17, 15) is 16.8 Å². The third kappa shape index (κ3) is 5.78. The minimum atomic E-state index is -3.82. The second kappa shape index (κ2) is 10.1. The van der Waals surface area contributed by atoms with Crippen LogP contribution in [0.1, 0.15) is 38.1 Å². The van der Waals surface area contributed by atoms with E-state index in [0.29, 0.717) is 21.3 Å². The first-order valence-electron chi connectivity index (χ1n) is 10.2. The number of nitrogens with zero attached hydrogens (tertiary/aromatic N) is 3. The molecule has 178 valence electrons. The van der Waals surface area contributed by atoms with Crippen molar-refractivity contribution in [1.29, 1.82) is 0 Å². The van der Waals surface area contributed by atoms with E-state index in [0.717, 1.165) is 0 Å². The molecule has 7 nitrogen and oxygen atoms in total. The summed E-state index contributed by atoms with van der Waals surface area (Å²) >= 11 is 11.9. The van der Waals surface area contributed by atoms with Gasteiger partial charge >= 0.3 is 0 Å². The fourth-order valence-corrected chi connectivity index (χ4v) is 6.84. The van der Waals surface area contributed by atoms with Crippen molar-refractivity contribution in [2.24, 2.45) is 0 Å². The second-order valence-electron chi connectivity index (χ2n) is 7.77. The summed E-state index contributed by atoms with van der Waals surface area (Å²) in [4.78, 5) is 4.29. The molecule has 0 bridgehead atoms. The Kier molecular flexibility index (Phi) is 7.91. The van der Waals surface area contributed by atoms with E-state index < -0.39 is 19.9 Å². The molecule has 1 aromatic heterocycles. The van der Waals surface area contributed by atoms with Crippen LogP contribution in [0.15, 0.2) is 64.8 Å². The first kappa shape index (κ1) is 25.7. The monoisotopic (exact) mass is 529 g/mol. The molecule has 0 saturated carbocycles. The topological polar surface area (TPSA) is 89.3 Å². The highest BCUT2D eigenvalue weighted by molar-refractivity contribution is 7.90. The average Bonchev–Trinajstić information content (AvgIpc) is 3.17. The molecule has 0 unspecified atom stereocenters. The van der Waals surface area contributed by atoms with E-state index >= 15 is 0 Å². The van der Waals surface area contributed by atoms with E-state index in [1.54, 1.807) is 35.8 Å². The van der Waals surface area contributed by atoms with Crippen LogP contribution >= 0.6 is 23.2 Å². The fraction of sp³-hybridized carbons (Fsp3) is 0.318. The van der Waals surface area contributed by atoms with Gasteiger partial charge in [0.1, 0.15) is 0 Å². The summed E-state index contributed by atoms with van der Waals surface area (Å²) in [5, 5.41) is 0.776. The summed E-state index contributed by atoms with van der Waals surface area (Å²) < 4.78 is 55.5. The lowest BCUT2D eigenvalue weighted by Crippen LogP contribution is -2.31. The third-order valence-electron chi connectivity index (χ3n) is 5.02. The molecule has 3 aromatic rings. The summed E-state index contributed by atoms with van der Waals surface area (Å²) in [5.41, 5.74) is 1.02. The number of aromatic nitrogens is 2. The maximum atomic E-state index is 13.2. The van der Waals surface area contributed by atoms with Crippen LogP contribution in [0.5, 0.6) is 0 Å². The van der Waals surface area contributed by atoms with Crippen LogP contribution in [0.3, 0.4) is 0 Å². The summed E-state index contributed by atoms with van der Waals surface area (Å²) in [7, 11) is -7.63. The highest BCUT2D eigenvalue weighted by atomic mass is 35.5. The van der Waals surface area contributed by atoms with Gasteiger partial charge in [-0.25, -0.2) is 21.8 Å². The molecular formula is C22H25Cl2N3O4S2. The van der Waals surface area contributed by atoms with Gasteiger partial charge in [-0.3, -0.25) is 0 Å². The molecule has 0 radical (unpaired) electrons. The van der Waals surface area contributed by atoms with Crippen LogP contribution in [-0.2, 0) is 32.2 Å². The van der Waals surface area contributed by atoms with Gasteiger partial charge in [0.15, 0.2) is 0 Å². The first-order chi connectivity index (χ1) is 15.5. The van der Waals surface area contributed by atoms with Gasteiger partial charge in [-0.05, 0) is 55.8 Å². The van der Waals surface area contributed by atoms with Crippen molar-refractivity contribution >= 4 is 43.1 Å². The highest BCUT2D eigenvalue weighted by Crippen LogP contribution is 2.26. The fourth-order valence-electron chi connectivity index (χ4n) is 3.49. The van der Waals surface area contributed by atoms with E-state index in [-0.39, 0.29) is 34.9 Å². The number of halogens is 2. The number of benzene rings is 2. The van der Waals surface area contributed by atoms with Crippen molar-refractivity contribution in [3.05, 3.63) is 76.0 Å². The lowest BCUT2D eigenvalue weighted by atomic mass is 10.2. The Morgan fingerprint density at radius 2 is 1.67 bits per heavy atom. The van der Waals surface area contributed by atoms with Gasteiger partial charge < -0.3 is 4.57 Å². The Morgan fingerprint density at radius 1 is 1.00 bits per heavy atom. The molecule has 0 aliphatic heterocycles. The summed E-state index contributed by atoms with van der Waals surface area (Å²) in [6.45, 7) is 5.54. The Balaban J connectivity index is 1.96. The zero-order valence-corrected chi connectivity index (χ0v) is 21.6. The molecule has 0 aliphatic rings. The maximum Gasteiger partial charge on any atom is 0.243 e. The van der Waals surface area contributed by atoms with Crippen molar-refractivity contribution in [2.75, 3.05) is 6.54 Å². The minimum Gasteiger partial charge on any atom is -0.315 e. The first-order valence-corrected chi connectivity index (χ1v) is 14.1. The molecule has 0 amide bonds. The molecule has 0 fully saturated rings. The normalized spacial score (nSPS) is 12.6. The smallest absolute Gasteiger partial charge is 0.243 e. The van der Waals surface area contributed by atoms with Gasteiger partial charge in [0.05, 0.1) is 29.1 Å². The summed E-state index contributed by atoms with van der Waals surface area (Å²) in [6, 6.07) is 12.3. The SMILES string of the molecule is CCN(Cc1cnc(S(=O)(=O)Cc2cccc(Cl)c2)n1C(C)C)S(=O)(=O)c1ccc(Cl)cc1. The van der Waals surface area contributed by atoms with Crippen molar-refractivity contribution in [3.63, 3.8) is 0 Å². The Labute approximate surface area is 204 Å². The van der Waals surface area contributed by atoms with Gasteiger partial charge in [0.2, 0.25) is 25.0 Å². The molecule has 0 atom stereocenters. The molecule has 0 spiro atoms. The van der Waals surface area contributed by atoms with Gasteiger partial charge in [0.25, 0.3) is 0 Å². The van der Waals surface area contributed by atoms with Crippen molar-refractivity contribution in [3.8, 4) is 0 Å². The lowest BCUT2D eigenvalue weighted by Gasteiger charge is -2.23. The molecular weight excluding hydrogens is 505 g/mol. The zero-order chi connectivity index (χ0) is 24.4. The number of imidazole rings is 1. The number of hydrogen-bond donors (Lipinski definition) is 0. The quantitative estimate of drug-likeness (QED) is 0.390. The van der Waals surface area contributed by atoms with E-state index in [4.69, 9.17) is 23.2 Å². The molecule has 2 aromatic carbocycles. The molecule has 0 saturated heterocycles. The van der Waals surface area contributed by atoms with Crippen LogP contribution in [0.25, 0.3) is 0 Å². The largest absolute Gasteiger partial charge is 0.315 e. The highest BCUT2D eigenvalue weighted by Gasteiger charge is 2.29. The molecule has 11 heteroatoms. The number of hydrogen-bond acceptors (Lipinski definition) is 5. The van der Waals surface area contributed by atoms with E-state index in [1.165, 1.54) is 34.8 Å². The number of sulfone groups is 1. The molecule has 1 heterocycles. The predicted molar refractivity (Wildman–Crippen MR) is 130 cm³/mol. The van der Waals surface area contributed by atoms with E-state index in [2.05, 4.69) is 4.98 Å². The van der Waals surface area contributed by atoms with Crippen LogP contribution < -0.4 is 0 Å². The van der Waals surface area contributed by atoms with Gasteiger partial charge in [-0.1, -0.05) is 42.3 Å². The second-order valence-corrected chi connectivity index (χ2v) is 12.5. The van der Waals surface area contributed by atoms with Gasteiger partial charge in [-0.2, -0.15) is 4.31 Å². The van der Waals surface area contributed by atoms with Crippen LogP contribution in [-0.4, -0.2) is 37.2 Å². The Morgan fingerprint density at radius 3 is 2.24 bits per heavy atom. The molecule has 0 aliphatic carbocycles. The van der Waals surface area contributed by atoms with Gasteiger partial charge in [-0.15, -0.1) is 0 Å². The summed E-state index contributed by atoms with van der Waals surface area (Å²) in [6.07, 6.45) is 1.42. The van der Waals surface area contributed by atoms with Crippen molar-refractivity contribution < 1.29 is 16.8 Å². The molecule has 33 heavy (non-hydrogen) atoms. The number of sulfonamides is 1. The predicted octanol–water partition coefficient (Wildman–Crippen LogP) is 4.96. The molecule has 0 N–H and O–H groups in total. The minimum absolute atomic E-state index is 0.0284. The van der Waals surface area contributed by atoms with Crippen LogP contribution in [0.2, 0.25) is 10.0 Å². The Hall–Kier alpha value is -1.91. The zero-order valence-electron chi connectivity index (χ0n) is 18.4. The maximum absolute atomic E-state index is 13.2. The average molecular weight is 530 g/mol. The number of rotatable bonds is 9. The standard InChI is InChI=1S/C22H25Cl2N3O4S2/c1-4-26(33(30,31)21-10-8-18(23)9-11-21)14-20-13-25-22(27(20)16(2)3)32(28,29)15-17-6-5-7-19(24)12-17/h5-13,16H,4,14-15H2,1-3H3.